The van der Waals surface area contributed by atoms with Crippen LogP contribution in [0.25, 0.3) is 32.8 Å². The molecule has 0 radical (unpaired) electrons. The molecule has 2 heterocycles. The predicted octanol–water partition coefficient (Wildman–Crippen LogP) is 2.65. The zero-order valence-electron chi connectivity index (χ0n) is 13.5. The van der Waals surface area contributed by atoms with Gasteiger partial charge in [0.2, 0.25) is 0 Å². The first kappa shape index (κ1) is 14.4. The van der Waals surface area contributed by atoms with Crippen LogP contribution in [0.15, 0.2) is 41.2 Å². The summed E-state index contributed by atoms with van der Waals surface area (Å²) in [5.74, 6) is 1.10. The maximum Gasteiger partial charge on any atom is 0.199 e. The van der Waals surface area contributed by atoms with Gasteiger partial charge < -0.3 is 14.0 Å². The number of aromatic nitrogens is 3. The molecule has 0 unspecified atom stereocenters. The molecule has 120 valence electrons. The van der Waals surface area contributed by atoms with Gasteiger partial charge in [0.05, 0.1) is 30.6 Å². The fourth-order valence-corrected chi connectivity index (χ4v) is 3.09. The number of aryl methyl sites for hydroxylation is 1. The molecule has 0 N–H and O–H groups in total. The fraction of sp³-hybridized carbons (Fsp3) is 0.167. The highest BCUT2D eigenvalue weighted by atomic mass is 16.5. The van der Waals surface area contributed by atoms with Gasteiger partial charge in [-0.15, -0.1) is 10.2 Å². The quantitative estimate of drug-likeness (QED) is 0.419. The van der Waals surface area contributed by atoms with Gasteiger partial charge in [-0.3, -0.25) is 4.79 Å². The topological polar surface area (TPSA) is 66.2 Å². The lowest BCUT2D eigenvalue weighted by Crippen LogP contribution is -2.11. The van der Waals surface area contributed by atoms with Gasteiger partial charge >= 0.3 is 0 Å². The summed E-state index contributed by atoms with van der Waals surface area (Å²) in [4.78, 5) is 13.1. The van der Waals surface area contributed by atoms with Crippen molar-refractivity contribution in [3.8, 4) is 11.5 Å². The molecule has 6 nitrogen and oxygen atoms in total. The van der Waals surface area contributed by atoms with Crippen LogP contribution in [0.1, 0.15) is 0 Å². The van der Waals surface area contributed by atoms with Crippen LogP contribution in [0.4, 0.5) is 0 Å². The second-order valence-corrected chi connectivity index (χ2v) is 5.53. The lowest BCUT2D eigenvalue weighted by molar-refractivity contribution is 0.356. The molecular weight excluding hydrogens is 306 g/mol. The van der Waals surface area contributed by atoms with Gasteiger partial charge in [-0.1, -0.05) is 12.1 Å². The van der Waals surface area contributed by atoms with Crippen molar-refractivity contribution in [2.45, 2.75) is 0 Å². The Morgan fingerprint density at radius 1 is 0.958 bits per heavy atom. The first-order valence-electron chi connectivity index (χ1n) is 7.45. The van der Waals surface area contributed by atoms with E-state index in [4.69, 9.17) is 9.47 Å². The largest absolute Gasteiger partial charge is 0.493 e. The molecular formula is C18H15N3O3. The van der Waals surface area contributed by atoms with Crippen molar-refractivity contribution in [2.24, 2.45) is 7.05 Å². The zero-order valence-corrected chi connectivity index (χ0v) is 13.5. The van der Waals surface area contributed by atoms with Gasteiger partial charge in [-0.25, -0.2) is 0 Å². The van der Waals surface area contributed by atoms with Crippen molar-refractivity contribution in [1.82, 2.24) is 14.8 Å². The molecule has 4 rings (SSSR count). The van der Waals surface area contributed by atoms with Crippen LogP contribution in [0.5, 0.6) is 11.5 Å². The standard InChI is InChI=1S/C18H15N3O3/c1-21-13-7-5-4-6-10(13)17(22)16-11-8-14(23-2)15(24-3)9-12(11)19-20-18(16)21/h4-9H,1-3H3. The van der Waals surface area contributed by atoms with Gasteiger partial charge in [-0.05, 0) is 18.2 Å². The predicted molar refractivity (Wildman–Crippen MR) is 92.9 cm³/mol. The lowest BCUT2D eigenvalue weighted by Gasteiger charge is -2.12. The molecule has 0 aliphatic rings. The van der Waals surface area contributed by atoms with E-state index < -0.39 is 0 Å². The van der Waals surface area contributed by atoms with Crippen LogP contribution in [-0.2, 0) is 7.05 Å². The van der Waals surface area contributed by atoms with Gasteiger partial charge in [0.15, 0.2) is 22.6 Å². The van der Waals surface area contributed by atoms with Gasteiger partial charge in [0.1, 0.15) is 0 Å². The monoisotopic (exact) mass is 321 g/mol. The Bertz CT molecular complexity index is 1170. The summed E-state index contributed by atoms with van der Waals surface area (Å²) < 4.78 is 12.6. The van der Waals surface area contributed by atoms with Gasteiger partial charge in [0.25, 0.3) is 0 Å². The molecule has 24 heavy (non-hydrogen) atoms. The van der Waals surface area contributed by atoms with Crippen molar-refractivity contribution in [1.29, 1.82) is 0 Å². The minimum Gasteiger partial charge on any atom is -0.493 e. The van der Waals surface area contributed by atoms with Crippen LogP contribution in [-0.4, -0.2) is 29.0 Å². The molecule has 0 atom stereocenters. The van der Waals surface area contributed by atoms with Gasteiger partial charge in [-0.2, -0.15) is 0 Å². The van der Waals surface area contributed by atoms with Crippen molar-refractivity contribution in [2.75, 3.05) is 14.2 Å². The number of benzene rings is 2. The van der Waals surface area contributed by atoms with Crippen LogP contribution in [0.3, 0.4) is 0 Å². The van der Waals surface area contributed by atoms with Crippen LogP contribution >= 0.6 is 0 Å². The highest BCUT2D eigenvalue weighted by Gasteiger charge is 2.16. The van der Waals surface area contributed by atoms with E-state index in [0.717, 1.165) is 5.52 Å². The Morgan fingerprint density at radius 2 is 1.67 bits per heavy atom. The SMILES string of the molecule is COc1cc2nnc3c(c(=O)c4ccccc4n3C)c2cc1OC. The second-order valence-electron chi connectivity index (χ2n) is 5.53. The maximum absolute atomic E-state index is 13.1. The van der Waals surface area contributed by atoms with Gasteiger partial charge in [0, 0.05) is 23.9 Å². The zero-order chi connectivity index (χ0) is 16.8. The van der Waals surface area contributed by atoms with Crippen molar-refractivity contribution >= 4 is 32.8 Å². The minimum atomic E-state index is -0.0641. The highest BCUT2D eigenvalue weighted by Crippen LogP contribution is 2.33. The minimum absolute atomic E-state index is 0.0641. The second kappa shape index (κ2) is 5.19. The average Bonchev–Trinajstić information content (AvgIpc) is 2.64. The van der Waals surface area contributed by atoms with E-state index in [1.807, 2.05) is 35.9 Å². The Balaban J connectivity index is 2.28. The molecule has 2 aromatic carbocycles. The number of pyridine rings is 1. The average molecular weight is 321 g/mol. The summed E-state index contributed by atoms with van der Waals surface area (Å²) in [7, 11) is 5.00. The first-order valence-corrected chi connectivity index (χ1v) is 7.45. The molecule has 0 bridgehead atoms. The van der Waals surface area contributed by atoms with Crippen molar-refractivity contribution < 1.29 is 9.47 Å². The molecule has 0 saturated carbocycles. The number of methoxy groups -OCH3 is 2. The van der Waals surface area contributed by atoms with E-state index >= 15 is 0 Å². The molecule has 4 aromatic rings. The number of rotatable bonds is 2. The summed E-state index contributed by atoms with van der Waals surface area (Å²) in [6.07, 6.45) is 0. The molecule has 0 spiro atoms. The number of ether oxygens (including phenoxy) is 2. The van der Waals surface area contributed by atoms with Crippen LogP contribution in [0, 0.1) is 0 Å². The fourth-order valence-electron chi connectivity index (χ4n) is 3.09. The number of para-hydroxylation sites is 1. The van der Waals surface area contributed by atoms with E-state index in [9.17, 15) is 4.79 Å². The van der Waals surface area contributed by atoms with E-state index in [0.29, 0.717) is 38.8 Å². The summed E-state index contributed by atoms with van der Waals surface area (Å²) >= 11 is 0. The van der Waals surface area contributed by atoms with Crippen LogP contribution in [0.2, 0.25) is 0 Å². The maximum atomic E-state index is 13.1. The lowest BCUT2D eigenvalue weighted by atomic mass is 10.1. The number of hydrogen-bond acceptors (Lipinski definition) is 5. The summed E-state index contributed by atoms with van der Waals surface area (Å²) in [6, 6.07) is 11.0. The Kier molecular flexibility index (Phi) is 3.13. The summed E-state index contributed by atoms with van der Waals surface area (Å²) in [5.41, 5.74) is 1.89. The molecule has 6 heteroatoms. The van der Waals surface area contributed by atoms with Crippen LogP contribution < -0.4 is 14.9 Å². The Hall–Kier alpha value is -3.15. The molecule has 0 aliphatic carbocycles. The summed E-state index contributed by atoms with van der Waals surface area (Å²) in [5, 5.41) is 10.4. The van der Waals surface area contributed by atoms with E-state index in [1.165, 1.54) is 0 Å². The third-order valence-corrected chi connectivity index (χ3v) is 4.30. The van der Waals surface area contributed by atoms with E-state index in [-0.39, 0.29) is 5.43 Å². The number of fused-ring (bicyclic) bond motifs is 4. The van der Waals surface area contributed by atoms with Crippen molar-refractivity contribution in [3.63, 3.8) is 0 Å². The molecule has 0 saturated heterocycles. The van der Waals surface area contributed by atoms with E-state index in [1.54, 1.807) is 26.4 Å². The third kappa shape index (κ3) is 1.86. The number of nitrogens with zero attached hydrogens (tertiary/aromatic N) is 3. The molecule has 0 fully saturated rings. The molecule has 2 aromatic heterocycles. The first-order chi connectivity index (χ1) is 11.7. The highest BCUT2D eigenvalue weighted by molar-refractivity contribution is 6.07. The number of hydrogen-bond donors (Lipinski definition) is 0. The van der Waals surface area contributed by atoms with Crippen molar-refractivity contribution in [3.05, 3.63) is 46.6 Å². The Labute approximate surface area is 137 Å². The third-order valence-electron chi connectivity index (χ3n) is 4.30. The summed E-state index contributed by atoms with van der Waals surface area (Å²) in [6.45, 7) is 0. The van der Waals surface area contributed by atoms with E-state index in [2.05, 4.69) is 10.2 Å². The Morgan fingerprint density at radius 3 is 2.42 bits per heavy atom. The molecule has 0 aliphatic heterocycles. The normalized spacial score (nSPS) is 11.3. The molecule has 0 amide bonds. The smallest absolute Gasteiger partial charge is 0.199 e.